The zero-order chi connectivity index (χ0) is 20.4. The van der Waals surface area contributed by atoms with Gasteiger partial charge in [-0.3, -0.25) is 9.78 Å². The van der Waals surface area contributed by atoms with E-state index in [-0.39, 0.29) is 11.8 Å². The summed E-state index contributed by atoms with van der Waals surface area (Å²) in [5, 5.41) is 6.55. The Hall–Kier alpha value is -2.98. The van der Waals surface area contributed by atoms with E-state index in [4.69, 9.17) is 0 Å². The molecule has 0 fully saturated rings. The third-order valence-electron chi connectivity index (χ3n) is 5.22. The van der Waals surface area contributed by atoms with Crippen LogP contribution in [0.25, 0.3) is 21.7 Å². The molecule has 1 heterocycles. The molecule has 0 saturated heterocycles. The highest BCUT2D eigenvalue weighted by atomic mass is 28.3. The minimum absolute atomic E-state index is 0.0435. The van der Waals surface area contributed by atoms with Gasteiger partial charge in [-0.25, -0.2) is 0 Å². The number of hydrogen-bond acceptors (Lipinski definition) is 2. The van der Waals surface area contributed by atoms with Gasteiger partial charge in [0.1, 0.15) is 0 Å². The Morgan fingerprint density at radius 3 is 2.41 bits per heavy atom. The van der Waals surface area contributed by atoms with Crippen LogP contribution in [0, 0.1) is 0 Å². The van der Waals surface area contributed by atoms with Crippen LogP contribution >= 0.6 is 0 Å². The van der Waals surface area contributed by atoms with Crippen molar-refractivity contribution >= 4 is 41.3 Å². The molecule has 29 heavy (non-hydrogen) atoms. The number of pyridine rings is 1. The summed E-state index contributed by atoms with van der Waals surface area (Å²) in [7, 11) is -1.50. The first-order chi connectivity index (χ1) is 13.9. The van der Waals surface area contributed by atoms with Gasteiger partial charge in [-0.1, -0.05) is 80.3 Å². The van der Waals surface area contributed by atoms with Gasteiger partial charge in [0.25, 0.3) is 0 Å². The molecule has 3 nitrogen and oxygen atoms in total. The Morgan fingerprint density at radius 1 is 0.897 bits per heavy atom. The molecule has 1 atom stereocenters. The number of aromatic nitrogens is 1. The third-order valence-corrected chi connectivity index (χ3v) is 6.86. The molecule has 0 saturated carbocycles. The SMILES string of the molecule is C[Si](C)(C)CC(C(=O)Nc1cccc2cccnc12)c1cccc2ccccc12. The Labute approximate surface area is 172 Å². The fraction of sp³-hybridized carbons (Fsp3) is 0.200. The summed E-state index contributed by atoms with van der Waals surface area (Å²) in [5.41, 5.74) is 2.71. The van der Waals surface area contributed by atoms with Crippen LogP contribution in [0.5, 0.6) is 0 Å². The Kier molecular flexibility index (Phi) is 5.20. The van der Waals surface area contributed by atoms with Crippen molar-refractivity contribution in [3.8, 4) is 0 Å². The standard InChI is InChI=1S/C25H26N2OSi/c1-29(2,3)17-22(21-14-6-10-18-9-4-5-13-20(18)21)25(28)27-23-15-7-11-19-12-8-16-26-24(19)23/h4-16,22H,17H2,1-3H3,(H,27,28). The lowest BCUT2D eigenvalue weighted by Gasteiger charge is -2.25. The van der Waals surface area contributed by atoms with Crippen molar-refractivity contribution in [2.75, 3.05) is 5.32 Å². The molecule has 0 aliphatic carbocycles. The molecule has 1 unspecified atom stereocenters. The second kappa shape index (κ2) is 7.80. The Balaban J connectivity index is 1.76. The number of benzene rings is 3. The van der Waals surface area contributed by atoms with Crippen molar-refractivity contribution in [3.63, 3.8) is 0 Å². The lowest BCUT2D eigenvalue weighted by molar-refractivity contribution is -0.117. The van der Waals surface area contributed by atoms with Gasteiger partial charge in [0.05, 0.1) is 17.1 Å². The van der Waals surface area contributed by atoms with Crippen molar-refractivity contribution in [1.29, 1.82) is 0 Å². The summed E-state index contributed by atoms with van der Waals surface area (Å²) in [4.78, 5) is 18.0. The van der Waals surface area contributed by atoms with Crippen LogP contribution in [0.2, 0.25) is 25.7 Å². The van der Waals surface area contributed by atoms with Crippen LogP contribution in [0.1, 0.15) is 11.5 Å². The highest BCUT2D eigenvalue weighted by molar-refractivity contribution is 6.76. The van der Waals surface area contributed by atoms with Crippen molar-refractivity contribution in [2.24, 2.45) is 0 Å². The molecule has 3 aromatic carbocycles. The van der Waals surface area contributed by atoms with Gasteiger partial charge in [0.15, 0.2) is 0 Å². The van der Waals surface area contributed by atoms with Crippen LogP contribution in [-0.4, -0.2) is 19.0 Å². The van der Waals surface area contributed by atoms with E-state index in [2.05, 4.69) is 60.3 Å². The zero-order valence-electron chi connectivity index (χ0n) is 17.1. The van der Waals surface area contributed by atoms with Crippen LogP contribution in [0.3, 0.4) is 0 Å². The summed E-state index contributed by atoms with van der Waals surface area (Å²) in [6.07, 6.45) is 1.77. The van der Waals surface area contributed by atoms with Crippen LogP contribution in [-0.2, 0) is 4.79 Å². The Morgan fingerprint density at radius 2 is 1.59 bits per heavy atom. The van der Waals surface area contributed by atoms with Crippen molar-refractivity contribution in [2.45, 2.75) is 31.6 Å². The van der Waals surface area contributed by atoms with Gasteiger partial charge < -0.3 is 5.32 Å². The predicted octanol–water partition coefficient (Wildman–Crippen LogP) is 6.45. The van der Waals surface area contributed by atoms with Crippen molar-refractivity contribution in [3.05, 3.63) is 84.6 Å². The number of carbonyl (C=O) groups is 1. The minimum atomic E-state index is -1.50. The van der Waals surface area contributed by atoms with Gasteiger partial charge in [-0.05, 0) is 34.5 Å². The predicted molar refractivity (Wildman–Crippen MR) is 125 cm³/mol. The lowest BCUT2D eigenvalue weighted by Crippen LogP contribution is -2.30. The highest BCUT2D eigenvalue weighted by Crippen LogP contribution is 2.33. The fourth-order valence-corrected chi connectivity index (χ4v) is 5.57. The van der Waals surface area contributed by atoms with E-state index in [1.807, 2.05) is 42.5 Å². The summed E-state index contributed by atoms with van der Waals surface area (Å²) in [6, 6.07) is 25.3. The number of carbonyl (C=O) groups excluding carboxylic acids is 1. The van der Waals surface area contributed by atoms with E-state index in [0.29, 0.717) is 0 Å². The number of hydrogen-bond donors (Lipinski definition) is 1. The average Bonchev–Trinajstić information content (AvgIpc) is 2.71. The quantitative estimate of drug-likeness (QED) is 0.393. The maximum atomic E-state index is 13.6. The molecule has 4 heteroatoms. The van der Waals surface area contributed by atoms with E-state index < -0.39 is 8.07 Å². The first kappa shape index (κ1) is 19.3. The number of fused-ring (bicyclic) bond motifs is 2. The number of amides is 1. The molecule has 0 bridgehead atoms. The second-order valence-electron chi connectivity index (χ2n) is 8.76. The number of para-hydroxylation sites is 1. The Bertz CT molecular complexity index is 1170. The molecule has 0 aliphatic heterocycles. The normalized spacial score (nSPS) is 12.8. The molecular formula is C25H26N2OSi. The molecule has 4 rings (SSSR count). The lowest BCUT2D eigenvalue weighted by atomic mass is 9.94. The monoisotopic (exact) mass is 398 g/mol. The van der Waals surface area contributed by atoms with E-state index in [0.717, 1.165) is 33.6 Å². The fourth-order valence-electron chi connectivity index (χ4n) is 3.94. The second-order valence-corrected chi connectivity index (χ2v) is 14.3. The summed E-state index contributed by atoms with van der Waals surface area (Å²) < 4.78 is 0. The minimum Gasteiger partial charge on any atom is -0.324 e. The maximum Gasteiger partial charge on any atom is 0.231 e. The van der Waals surface area contributed by atoms with E-state index in [1.165, 1.54) is 5.39 Å². The highest BCUT2D eigenvalue weighted by Gasteiger charge is 2.29. The number of anilines is 1. The largest absolute Gasteiger partial charge is 0.324 e. The van der Waals surface area contributed by atoms with Gasteiger partial charge in [0, 0.05) is 19.7 Å². The summed E-state index contributed by atoms with van der Waals surface area (Å²) in [6.45, 7) is 6.95. The molecule has 0 aliphatic rings. The first-order valence-corrected chi connectivity index (χ1v) is 13.8. The van der Waals surface area contributed by atoms with Gasteiger partial charge in [-0.2, -0.15) is 0 Å². The van der Waals surface area contributed by atoms with Crippen LogP contribution in [0.4, 0.5) is 5.69 Å². The summed E-state index contributed by atoms with van der Waals surface area (Å²) in [5.74, 6) is -0.145. The van der Waals surface area contributed by atoms with Gasteiger partial charge in [0.2, 0.25) is 5.91 Å². The molecule has 146 valence electrons. The molecular weight excluding hydrogens is 372 g/mol. The van der Waals surface area contributed by atoms with Gasteiger partial charge in [-0.15, -0.1) is 0 Å². The topological polar surface area (TPSA) is 42.0 Å². The summed E-state index contributed by atoms with van der Waals surface area (Å²) >= 11 is 0. The third kappa shape index (κ3) is 4.22. The first-order valence-electron chi connectivity index (χ1n) is 10.0. The van der Waals surface area contributed by atoms with E-state index in [9.17, 15) is 4.79 Å². The molecule has 1 amide bonds. The van der Waals surface area contributed by atoms with E-state index in [1.54, 1.807) is 6.20 Å². The molecule has 4 aromatic rings. The zero-order valence-corrected chi connectivity index (χ0v) is 18.1. The van der Waals surface area contributed by atoms with Crippen molar-refractivity contribution in [1.82, 2.24) is 4.98 Å². The maximum absolute atomic E-state index is 13.6. The van der Waals surface area contributed by atoms with Crippen LogP contribution < -0.4 is 5.32 Å². The van der Waals surface area contributed by atoms with Crippen molar-refractivity contribution < 1.29 is 4.79 Å². The number of nitrogens with zero attached hydrogens (tertiary/aromatic N) is 1. The molecule has 1 aromatic heterocycles. The smallest absolute Gasteiger partial charge is 0.231 e. The van der Waals surface area contributed by atoms with Gasteiger partial charge >= 0.3 is 0 Å². The van der Waals surface area contributed by atoms with E-state index >= 15 is 0 Å². The number of nitrogens with one attached hydrogen (secondary N) is 1. The van der Waals surface area contributed by atoms with Crippen LogP contribution in [0.15, 0.2) is 79.0 Å². The molecule has 1 N–H and O–H groups in total. The number of rotatable bonds is 5. The molecule has 0 radical (unpaired) electrons. The average molecular weight is 399 g/mol. The molecule has 0 spiro atoms.